The minimum Gasteiger partial charge on any atom is -0.454 e. The third-order valence-corrected chi connectivity index (χ3v) is 12.2. The summed E-state index contributed by atoms with van der Waals surface area (Å²) in [6, 6.07) is 59.7. The van der Waals surface area contributed by atoms with Crippen LogP contribution in [0.3, 0.4) is 0 Å². The number of hydrogen-bond acceptors (Lipinski definition) is 2. The maximum absolute atomic E-state index is 7.01. The number of thiophene rings is 1. The largest absolute Gasteiger partial charge is 0.454 e. The molecule has 12 rings (SSSR count). The fourth-order valence-electron chi connectivity index (χ4n) is 8.88. The Kier molecular flexibility index (Phi) is 5.41. The van der Waals surface area contributed by atoms with Crippen molar-refractivity contribution in [2.24, 2.45) is 0 Å². The van der Waals surface area contributed by atoms with E-state index in [9.17, 15) is 0 Å². The first-order chi connectivity index (χ1) is 25.3. The number of aromatic nitrogens is 1. The van der Waals surface area contributed by atoms with Crippen LogP contribution in [-0.2, 0) is 0 Å². The first-order valence-electron chi connectivity index (χ1n) is 17.4. The van der Waals surface area contributed by atoms with Crippen molar-refractivity contribution >= 4 is 108 Å². The summed E-state index contributed by atoms with van der Waals surface area (Å²) >= 11 is 1.88. The molecule has 0 amide bonds. The third-order valence-electron chi connectivity index (χ3n) is 10.9. The van der Waals surface area contributed by atoms with Crippen molar-refractivity contribution in [3.63, 3.8) is 0 Å². The summed E-state index contributed by atoms with van der Waals surface area (Å²) in [4.78, 5) is 0. The van der Waals surface area contributed by atoms with E-state index in [1.165, 1.54) is 79.8 Å². The molecule has 236 valence electrons. The van der Waals surface area contributed by atoms with Gasteiger partial charge in [0.25, 0.3) is 0 Å². The third kappa shape index (κ3) is 3.60. The molecule has 0 N–H and O–H groups in total. The topological polar surface area (TPSA) is 18.1 Å². The van der Waals surface area contributed by atoms with Crippen molar-refractivity contribution in [3.8, 4) is 16.8 Å². The van der Waals surface area contributed by atoms with Crippen molar-refractivity contribution in [1.29, 1.82) is 0 Å². The monoisotopic (exact) mass is 665 g/mol. The minimum atomic E-state index is 0.903. The average molecular weight is 666 g/mol. The van der Waals surface area contributed by atoms with Gasteiger partial charge in [0.15, 0.2) is 5.58 Å². The van der Waals surface area contributed by atoms with Gasteiger partial charge >= 0.3 is 0 Å². The van der Waals surface area contributed by atoms with Gasteiger partial charge in [0, 0.05) is 58.2 Å². The normalized spacial score (nSPS) is 12.3. The van der Waals surface area contributed by atoms with E-state index in [1.54, 1.807) is 0 Å². The summed E-state index contributed by atoms with van der Waals surface area (Å²) in [5.74, 6) is 0. The predicted octanol–water partition coefficient (Wildman–Crippen LogP) is 14.2. The molecule has 0 radical (unpaired) electrons. The highest BCUT2D eigenvalue weighted by atomic mass is 32.1. The quantitative estimate of drug-likeness (QED) is 0.168. The lowest BCUT2D eigenvalue weighted by Gasteiger charge is -2.14. The minimum absolute atomic E-state index is 0.903. The number of para-hydroxylation sites is 2. The summed E-state index contributed by atoms with van der Waals surface area (Å²) in [6.45, 7) is 0. The Hall–Kier alpha value is -6.42. The predicted molar refractivity (Wildman–Crippen MR) is 219 cm³/mol. The van der Waals surface area contributed by atoms with E-state index in [4.69, 9.17) is 4.42 Å². The lowest BCUT2D eigenvalue weighted by Crippen LogP contribution is -1.95. The Morgan fingerprint density at radius 1 is 0.431 bits per heavy atom. The molecule has 2 nitrogen and oxygen atoms in total. The molecule has 0 aliphatic carbocycles. The molecule has 0 fully saturated rings. The van der Waals surface area contributed by atoms with E-state index < -0.39 is 0 Å². The first-order valence-corrected chi connectivity index (χ1v) is 18.3. The lowest BCUT2D eigenvalue weighted by molar-refractivity contribution is 0.671. The van der Waals surface area contributed by atoms with Crippen LogP contribution in [0, 0.1) is 0 Å². The van der Waals surface area contributed by atoms with E-state index in [-0.39, 0.29) is 0 Å². The van der Waals surface area contributed by atoms with Gasteiger partial charge < -0.3 is 8.98 Å². The van der Waals surface area contributed by atoms with Crippen molar-refractivity contribution in [2.75, 3.05) is 0 Å². The molecule has 3 heteroatoms. The van der Waals surface area contributed by atoms with E-state index in [1.807, 2.05) is 11.3 Å². The van der Waals surface area contributed by atoms with Crippen LogP contribution in [0.5, 0.6) is 0 Å². The molecular weight excluding hydrogens is 639 g/mol. The Labute approximate surface area is 296 Å². The van der Waals surface area contributed by atoms with Crippen molar-refractivity contribution in [2.45, 2.75) is 0 Å². The van der Waals surface area contributed by atoms with Gasteiger partial charge in [-0.1, -0.05) is 133 Å². The zero-order valence-corrected chi connectivity index (χ0v) is 28.2. The summed E-state index contributed by atoms with van der Waals surface area (Å²) < 4.78 is 12.1. The molecule has 0 saturated heterocycles. The van der Waals surface area contributed by atoms with E-state index >= 15 is 0 Å². The molecule has 3 heterocycles. The van der Waals surface area contributed by atoms with Gasteiger partial charge in [0.1, 0.15) is 5.58 Å². The van der Waals surface area contributed by atoms with Crippen LogP contribution in [0.15, 0.2) is 168 Å². The van der Waals surface area contributed by atoms with Crippen molar-refractivity contribution in [3.05, 3.63) is 164 Å². The number of furan rings is 1. The number of benzene rings is 9. The van der Waals surface area contributed by atoms with Gasteiger partial charge in [0.2, 0.25) is 0 Å². The molecule has 0 aliphatic heterocycles. The summed E-state index contributed by atoms with van der Waals surface area (Å²) in [5, 5.41) is 15.0. The summed E-state index contributed by atoms with van der Waals surface area (Å²) in [6.07, 6.45) is 0. The van der Waals surface area contributed by atoms with Crippen LogP contribution in [-0.4, -0.2) is 4.57 Å². The molecule has 0 aliphatic rings. The van der Waals surface area contributed by atoms with Gasteiger partial charge in [-0.3, -0.25) is 0 Å². The molecule has 0 saturated carbocycles. The number of fused-ring (bicyclic) bond motifs is 18. The van der Waals surface area contributed by atoms with Gasteiger partial charge in [-0.05, 0) is 63.0 Å². The second-order valence-corrected chi connectivity index (χ2v) is 14.6. The maximum Gasteiger partial charge on any atom is 0.160 e. The standard InChI is InChI=1S/C48H27NOS/c1-3-18-34-31(15-1)32-16-2-4-19-35(32)43-42(34)44-37-20-5-8-24-39(37)49(46(44)47-45(43)38-21-6-9-25-40(38)50-47)29-14-11-13-28(27-29)30-22-12-23-36-33-17-7-10-26-41(33)51-48(30)36/h1-27H. The Balaban J connectivity index is 1.29. The van der Waals surface area contributed by atoms with Crippen LogP contribution in [0.4, 0.5) is 0 Å². The molecule has 0 unspecified atom stereocenters. The molecule has 9 aromatic carbocycles. The zero-order chi connectivity index (χ0) is 33.2. The maximum atomic E-state index is 7.01. The van der Waals surface area contributed by atoms with Crippen LogP contribution >= 0.6 is 11.3 Å². The SMILES string of the molecule is c1cc(-c2cccc3c2sc2ccccc23)cc(-n2c3ccccc3c3c4c5ccccc5c5ccccc5c4c4c5ccccc5oc4c32)c1. The molecular formula is C48H27NOS. The highest BCUT2D eigenvalue weighted by Crippen LogP contribution is 2.50. The van der Waals surface area contributed by atoms with E-state index in [0.29, 0.717) is 0 Å². The fraction of sp³-hybridized carbons (Fsp3) is 0. The number of nitrogens with zero attached hydrogens (tertiary/aromatic N) is 1. The molecule has 0 spiro atoms. The highest BCUT2D eigenvalue weighted by molar-refractivity contribution is 7.26. The zero-order valence-electron chi connectivity index (χ0n) is 27.4. The van der Waals surface area contributed by atoms with Crippen LogP contribution in [0.1, 0.15) is 0 Å². The van der Waals surface area contributed by atoms with Gasteiger partial charge in [-0.25, -0.2) is 0 Å². The van der Waals surface area contributed by atoms with E-state index in [0.717, 1.165) is 33.3 Å². The lowest BCUT2D eigenvalue weighted by atomic mass is 9.89. The van der Waals surface area contributed by atoms with Crippen molar-refractivity contribution in [1.82, 2.24) is 4.57 Å². The van der Waals surface area contributed by atoms with Gasteiger partial charge in [-0.15, -0.1) is 11.3 Å². The fourth-order valence-corrected chi connectivity index (χ4v) is 10.1. The molecule has 0 bridgehead atoms. The smallest absolute Gasteiger partial charge is 0.160 e. The van der Waals surface area contributed by atoms with Gasteiger partial charge in [-0.2, -0.15) is 0 Å². The highest BCUT2D eigenvalue weighted by Gasteiger charge is 2.26. The summed E-state index contributed by atoms with van der Waals surface area (Å²) in [5.41, 5.74) is 7.67. The average Bonchev–Trinajstić information content (AvgIpc) is 3.88. The van der Waals surface area contributed by atoms with Gasteiger partial charge in [0.05, 0.1) is 11.0 Å². The Bertz CT molecular complexity index is 3430. The molecule has 12 aromatic rings. The number of hydrogen-bond donors (Lipinski definition) is 0. The molecule has 51 heavy (non-hydrogen) atoms. The van der Waals surface area contributed by atoms with Crippen LogP contribution in [0.2, 0.25) is 0 Å². The number of rotatable bonds is 2. The Morgan fingerprint density at radius 3 is 1.84 bits per heavy atom. The Morgan fingerprint density at radius 2 is 1.04 bits per heavy atom. The molecule has 0 atom stereocenters. The second kappa shape index (κ2) is 10.1. The first kappa shape index (κ1) is 27.4. The van der Waals surface area contributed by atoms with Crippen molar-refractivity contribution < 1.29 is 4.42 Å². The second-order valence-electron chi connectivity index (χ2n) is 13.6. The summed E-state index contributed by atoms with van der Waals surface area (Å²) in [7, 11) is 0. The van der Waals surface area contributed by atoms with E-state index in [2.05, 4.69) is 168 Å². The molecule has 3 aromatic heterocycles. The van der Waals surface area contributed by atoms with Crippen LogP contribution < -0.4 is 0 Å². The van der Waals surface area contributed by atoms with Crippen LogP contribution in [0.25, 0.3) is 113 Å².